The van der Waals surface area contributed by atoms with Gasteiger partial charge in [-0.1, -0.05) is 70.9 Å². The van der Waals surface area contributed by atoms with E-state index in [9.17, 15) is 24.6 Å². The number of ketones is 1. The van der Waals surface area contributed by atoms with Gasteiger partial charge in [-0.05, 0) is 60.5 Å². The lowest BCUT2D eigenvalue weighted by Crippen LogP contribution is -2.65. The molecule has 214 valence electrons. The Hall–Kier alpha value is -2.51. The largest absolute Gasteiger partial charge is 0.461 e. The van der Waals surface area contributed by atoms with Gasteiger partial charge in [-0.15, -0.1) is 0 Å². The summed E-state index contributed by atoms with van der Waals surface area (Å²) in [5, 5.41) is 24.3. The van der Waals surface area contributed by atoms with E-state index in [1.807, 2.05) is 13.0 Å². The summed E-state index contributed by atoms with van der Waals surface area (Å²) < 4.78 is 11.1. The van der Waals surface area contributed by atoms with Gasteiger partial charge in [-0.2, -0.15) is 0 Å². The third-order valence-corrected chi connectivity index (χ3v) is 9.84. The molecule has 39 heavy (non-hydrogen) atoms. The molecule has 2 saturated carbocycles. The molecule has 4 aliphatic carbocycles. The van der Waals surface area contributed by atoms with Crippen molar-refractivity contribution in [3.63, 3.8) is 0 Å². The molecule has 0 amide bonds. The number of carbonyl (C=O) groups is 3. The van der Waals surface area contributed by atoms with Gasteiger partial charge in [0.25, 0.3) is 0 Å². The van der Waals surface area contributed by atoms with Crippen LogP contribution in [0.1, 0.15) is 73.6 Å². The van der Waals surface area contributed by atoms with E-state index in [1.54, 1.807) is 31.2 Å². The van der Waals surface area contributed by atoms with Gasteiger partial charge in [-0.3, -0.25) is 9.59 Å². The van der Waals surface area contributed by atoms with Crippen LogP contribution in [0.2, 0.25) is 0 Å². The molecule has 2 N–H and O–H groups in total. The lowest BCUT2D eigenvalue weighted by atomic mass is 9.59. The van der Waals surface area contributed by atoms with Gasteiger partial charge in [0.2, 0.25) is 0 Å². The van der Waals surface area contributed by atoms with E-state index in [-0.39, 0.29) is 41.1 Å². The number of fused-ring (bicyclic) bond motifs is 3. The van der Waals surface area contributed by atoms with Crippen LogP contribution in [-0.2, 0) is 23.9 Å². The molecule has 0 aliphatic heterocycles. The first-order valence-corrected chi connectivity index (χ1v) is 14.4. The molecule has 0 heterocycles. The second-order valence-electron chi connectivity index (χ2n) is 12.6. The van der Waals surface area contributed by atoms with Crippen LogP contribution in [0, 0.1) is 34.5 Å². The number of aliphatic hydroxyl groups is 2. The number of hydrogen-bond acceptors (Lipinski definition) is 7. The van der Waals surface area contributed by atoms with Gasteiger partial charge >= 0.3 is 11.9 Å². The normalized spacial score (nSPS) is 38.4. The van der Waals surface area contributed by atoms with Crippen molar-refractivity contribution in [2.75, 3.05) is 6.61 Å². The summed E-state index contributed by atoms with van der Waals surface area (Å²) in [6, 6.07) is 0. The summed E-state index contributed by atoms with van der Waals surface area (Å²) in [4.78, 5) is 39.1. The maximum atomic E-state index is 14.5. The molecule has 7 heteroatoms. The van der Waals surface area contributed by atoms with Gasteiger partial charge in [0.05, 0.1) is 5.41 Å². The van der Waals surface area contributed by atoms with Gasteiger partial charge in [-0.25, -0.2) is 4.79 Å². The lowest BCUT2D eigenvalue weighted by Gasteiger charge is -2.48. The van der Waals surface area contributed by atoms with Crippen molar-refractivity contribution in [2.24, 2.45) is 34.5 Å². The molecular formula is C32H44O7. The molecule has 1 spiro atoms. The van der Waals surface area contributed by atoms with Crippen molar-refractivity contribution in [1.29, 1.82) is 0 Å². The van der Waals surface area contributed by atoms with Crippen LogP contribution in [0.15, 0.2) is 47.6 Å². The summed E-state index contributed by atoms with van der Waals surface area (Å²) in [5.41, 5.74) is -2.87. The zero-order valence-corrected chi connectivity index (χ0v) is 24.1. The third-order valence-electron chi connectivity index (χ3n) is 9.84. The minimum absolute atomic E-state index is 0.0519. The van der Waals surface area contributed by atoms with Crippen LogP contribution in [0.4, 0.5) is 0 Å². The topological polar surface area (TPSA) is 110 Å². The summed E-state index contributed by atoms with van der Waals surface area (Å²) in [5.74, 6) is -1.92. The molecule has 2 bridgehead atoms. The van der Waals surface area contributed by atoms with E-state index in [2.05, 4.69) is 20.8 Å². The first-order valence-electron chi connectivity index (χ1n) is 14.4. The van der Waals surface area contributed by atoms with E-state index in [0.29, 0.717) is 12.0 Å². The Labute approximate surface area is 232 Å². The highest BCUT2D eigenvalue weighted by Crippen LogP contribution is 2.71. The predicted molar refractivity (Wildman–Crippen MR) is 147 cm³/mol. The average Bonchev–Trinajstić information content (AvgIpc) is 3.36. The van der Waals surface area contributed by atoms with Crippen LogP contribution in [0.25, 0.3) is 0 Å². The van der Waals surface area contributed by atoms with Crippen molar-refractivity contribution in [2.45, 2.75) is 91.5 Å². The Balaban J connectivity index is 1.69. The molecular weight excluding hydrogens is 496 g/mol. The summed E-state index contributed by atoms with van der Waals surface area (Å²) in [6.45, 7) is 11.1. The predicted octanol–water partition coefficient (Wildman–Crippen LogP) is 4.63. The molecule has 0 aromatic heterocycles. The van der Waals surface area contributed by atoms with E-state index < -0.39 is 41.1 Å². The Kier molecular flexibility index (Phi) is 8.17. The molecule has 4 rings (SSSR count). The monoisotopic (exact) mass is 540 g/mol. The van der Waals surface area contributed by atoms with Crippen LogP contribution in [-0.4, -0.2) is 52.4 Å². The molecule has 2 fully saturated rings. The molecule has 8 atom stereocenters. The van der Waals surface area contributed by atoms with Crippen molar-refractivity contribution in [3.05, 3.63) is 47.6 Å². The third kappa shape index (κ3) is 4.76. The Morgan fingerprint density at radius 1 is 1.21 bits per heavy atom. The maximum absolute atomic E-state index is 14.5. The second kappa shape index (κ2) is 10.8. The number of aliphatic hydroxyl groups excluding tert-OH is 1. The molecule has 0 aromatic rings. The zero-order chi connectivity index (χ0) is 28.8. The summed E-state index contributed by atoms with van der Waals surface area (Å²) in [6.07, 6.45) is 12.3. The molecule has 0 radical (unpaired) electrons. The van der Waals surface area contributed by atoms with Gasteiger partial charge in [0.1, 0.15) is 12.7 Å². The highest BCUT2D eigenvalue weighted by atomic mass is 16.6. The van der Waals surface area contributed by atoms with Gasteiger partial charge < -0.3 is 19.7 Å². The standard InChI is InChI=1S/C32H44O7/c1-7-8-9-10-11-12-13-14-25(34)39-29-19(2)17-31-20(3)15-24-26(30(24,5)6)23(28(31)36)16-22(18-38-21(4)33)27(35)32(29,31)37/h11-14,16-17,20,23-24,26-27,29,35,37H,7-10,15,18H2,1-6H3/b12-11+,14-13+/t20-,23?,24-,26+,27-,29+,31+,32+/m1/s1. The lowest BCUT2D eigenvalue weighted by molar-refractivity contribution is -0.201. The number of esters is 2. The van der Waals surface area contributed by atoms with Crippen LogP contribution >= 0.6 is 0 Å². The van der Waals surface area contributed by atoms with Gasteiger partial charge in [0.15, 0.2) is 17.5 Å². The zero-order valence-electron chi connectivity index (χ0n) is 24.1. The Morgan fingerprint density at radius 3 is 2.59 bits per heavy atom. The molecule has 1 unspecified atom stereocenters. The first kappa shape index (κ1) is 29.5. The molecule has 7 nitrogen and oxygen atoms in total. The number of allylic oxidation sites excluding steroid dienone is 4. The van der Waals surface area contributed by atoms with Crippen molar-refractivity contribution in [1.82, 2.24) is 0 Å². The second-order valence-corrected chi connectivity index (χ2v) is 12.6. The number of Topliss-reactive ketones (excluding diaryl/α,β-unsaturated/α-hetero) is 1. The quantitative estimate of drug-likeness (QED) is 0.144. The fourth-order valence-corrected chi connectivity index (χ4v) is 7.74. The maximum Gasteiger partial charge on any atom is 0.331 e. The number of ether oxygens (including phenoxy) is 2. The van der Waals surface area contributed by atoms with Crippen molar-refractivity contribution < 1.29 is 34.1 Å². The number of rotatable bonds is 9. The Morgan fingerprint density at radius 2 is 1.92 bits per heavy atom. The van der Waals surface area contributed by atoms with Crippen LogP contribution in [0.3, 0.4) is 0 Å². The fraction of sp³-hybridized carbons (Fsp3) is 0.656. The Bertz CT molecular complexity index is 1130. The van der Waals surface area contributed by atoms with Crippen LogP contribution in [0.5, 0.6) is 0 Å². The molecule has 4 aliphatic rings. The smallest absolute Gasteiger partial charge is 0.331 e. The van der Waals surface area contributed by atoms with Crippen LogP contribution < -0.4 is 0 Å². The number of carbonyl (C=O) groups excluding carboxylic acids is 3. The van der Waals surface area contributed by atoms with E-state index in [4.69, 9.17) is 9.47 Å². The van der Waals surface area contributed by atoms with Crippen molar-refractivity contribution in [3.8, 4) is 0 Å². The summed E-state index contributed by atoms with van der Waals surface area (Å²) >= 11 is 0. The minimum Gasteiger partial charge on any atom is -0.461 e. The average molecular weight is 541 g/mol. The first-order chi connectivity index (χ1) is 18.3. The molecule has 0 aromatic carbocycles. The minimum atomic E-state index is -2.14. The SMILES string of the molecule is CCCCC/C=C/C=C/C(=O)O[C@H]1C(C)=C[C@]23C(=O)C(C=C(COC(C)=O)[C@@H](O)[C@]12O)[C@H]1[C@@H](C[C@H]3C)C1(C)C. The van der Waals surface area contributed by atoms with E-state index in [0.717, 1.165) is 25.7 Å². The number of hydrogen-bond donors (Lipinski definition) is 2. The molecule has 0 saturated heterocycles. The highest BCUT2D eigenvalue weighted by Gasteiger charge is 2.76. The van der Waals surface area contributed by atoms with E-state index in [1.165, 1.54) is 13.0 Å². The number of unbranched alkanes of at least 4 members (excludes halogenated alkanes) is 3. The van der Waals surface area contributed by atoms with Crippen molar-refractivity contribution >= 4 is 17.7 Å². The van der Waals surface area contributed by atoms with Gasteiger partial charge in [0, 0.05) is 18.9 Å². The van der Waals surface area contributed by atoms with E-state index >= 15 is 0 Å². The highest BCUT2D eigenvalue weighted by molar-refractivity contribution is 5.95. The fourth-order valence-electron chi connectivity index (χ4n) is 7.74. The summed E-state index contributed by atoms with van der Waals surface area (Å²) in [7, 11) is 0.